The summed E-state index contributed by atoms with van der Waals surface area (Å²) < 4.78 is 6.57. The van der Waals surface area contributed by atoms with E-state index < -0.39 is 18.5 Å². The van der Waals surface area contributed by atoms with Crippen LogP contribution in [0.5, 0.6) is 0 Å². The molecule has 0 spiro atoms. The minimum absolute atomic E-state index is 0.436. The number of carbonyl (C=O) groups excluding carboxylic acids is 2. The first-order valence-corrected chi connectivity index (χ1v) is 8.78. The number of ether oxygens (including phenoxy) is 1. The van der Waals surface area contributed by atoms with Crippen LogP contribution in [0.25, 0.3) is 16.6 Å². The van der Waals surface area contributed by atoms with Crippen molar-refractivity contribution >= 4 is 29.3 Å². The minimum Gasteiger partial charge on any atom is -0.452 e. The Morgan fingerprint density at radius 2 is 2.00 bits per heavy atom. The van der Waals surface area contributed by atoms with E-state index in [1.54, 1.807) is 17.4 Å². The highest BCUT2D eigenvalue weighted by Gasteiger charge is 2.11. The van der Waals surface area contributed by atoms with E-state index in [2.05, 4.69) is 5.10 Å². The SMILES string of the molecule is NC(=O)COC(=O)/C=C/c1cn(Cc2ccccc2)nc1-c1cccs1. The van der Waals surface area contributed by atoms with Crippen molar-refractivity contribution in [1.29, 1.82) is 0 Å². The fourth-order valence-corrected chi connectivity index (χ4v) is 3.09. The van der Waals surface area contributed by atoms with Gasteiger partial charge in [0.05, 0.1) is 11.4 Å². The molecule has 6 nitrogen and oxygen atoms in total. The van der Waals surface area contributed by atoms with E-state index in [0.717, 1.165) is 21.7 Å². The molecule has 2 N–H and O–H groups in total. The Labute approximate surface area is 154 Å². The Bertz CT molecular complexity index is 915. The summed E-state index contributed by atoms with van der Waals surface area (Å²) in [6.45, 7) is 0.188. The molecule has 0 saturated heterocycles. The topological polar surface area (TPSA) is 87.2 Å². The molecule has 0 bridgehead atoms. The number of nitrogens with zero attached hydrogens (tertiary/aromatic N) is 2. The van der Waals surface area contributed by atoms with Crippen LogP contribution >= 0.6 is 11.3 Å². The summed E-state index contributed by atoms with van der Waals surface area (Å²) >= 11 is 1.57. The van der Waals surface area contributed by atoms with Crippen LogP contribution < -0.4 is 5.73 Å². The molecule has 1 amide bonds. The number of carbonyl (C=O) groups is 2. The second kappa shape index (κ2) is 8.26. The molecule has 0 atom stereocenters. The molecule has 0 aliphatic rings. The summed E-state index contributed by atoms with van der Waals surface area (Å²) in [6.07, 6.45) is 4.77. The van der Waals surface area contributed by atoms with Crippen LogP contribution in [0.3, 0.4) is 0 Å². The van der Waals surface area contributed by atoms with Gasteiger partial charge in [0.2, 0.25) is 0 Å². The largest absolute Gasteiger partial charge is 0.452 e. The summed E-state index contributed by atoms with van der Waals surface area (Å²) in [7, 11) is 0. The fourth-order valence-electron chi connectivity index (χ4n) is 2.36. The molecule has 0 saturated carbocycles. The lowest BCUT2D eigenvalue weighted by Crippen LogP contribution is -2.19. The van der Waals surface area contributed by atoms with Crippen LogP contribution in [0, 0.1) is 0 Å². The second-order valence-corrected chi connectivity index (χ2v) is 6.45. The van der Waals surface area contributed by atoms with Crippen molar-refractivity contribution in [2.24, 2.45) is 5.73 Å². The minimum atomic E-state index is -0.693. The van der Waals surface area contributed by atoms with Gasteiger partial charge < -0.3 is 10.5 Å². The molecular weight excluding hydrogens is 350 g/mol. The number of benzene rings is 1. The molecule has 0 radical (unpaired) electrons. The van der Waals surface area contributed by atoms with Gasteiger partial charge in [0.15, 0.2) is 6.61 Å². The summed E-state index contributed by atoms with van der Waals surface area (Å²) in [5.41, 5.74) is 7.67. The van der Waals surface area contributed by atoms with Gasteiger partial charge in [-0.05, 0) is 23.1 Å². The van der Waals surface area contributed by atoms with Crippen LogP contribution in [0.4, 0.5) is 0 Å². The van der Waals surface area contributed by atoms with E-state index in [9.17, 15) is 9.59 Å². The normalized spacial score (nSPS) is 10.9. The number of hydrogen-bond donors (Lipinski definition) is 1. The molecule has 2 heterocycles. The van der Waals surface area contributed by atoms with Gasteiger partial charge in [-0.1, -0.05) is 36.4 Å². The summed E-state index contributed by atoms with van der Waals surface area (Å²) in [5, 5.41) is 6.62. The average molecular weight is 367 g/mol. The highest BCUT2D eigenvalue weighted by molar-refractivity contribution is 7.13. The van der Waals surface area contributed by atoms with Crippen LogP contribution in [-0.2, 0) is 20.9 Å². The molecule has 0 fully saturated rings. The van der Waals surface area contributed by atoms with E-state index in [1.807, 2.05) is 58.7 Å². The van der Waals surface area contributed by atoms with E-state index in [-0.39, 0.29) is 0 Å². The number of primary amides is 1. The smallest absolute Gasteiger partial charge is 0.331 e. The first-order chi connectivity index (χ1) is 12.6. The molecule has 1 aromatic carbocycles. The molecular formula is C19H17N3O3S. The number of esters is 1. The Morgan fingerprint density at radius 1 is 1.19 bits per heavy atom. The Hall–Kier alpha value is -3.19. The number of amides is 1. The highest BCUT2D eigenvalue weighted by Crippen LogP contribution is 2.27. The van der Waals surface area contributed by atoms with Gasteiger partial charge >= 0.3 is 5.97 Å². The maximum atomic E-state index is 11.7. The summed E-state index contributed by atoms with van der Waals surface area (Å²) in [6, 6.07) is 13.9. The van der Waals surface area contributed by atoms with Gasteiger partial charge in [-0.15, -0.1) is 11.3 Å². The van der Waals surface area contributed by atoms with Crippen molar-refractivity contribution in [3.8, 4) is 10.6 Å². The third kappa shape index (κ3) is 4.67. The van der Waals surface area contributed by atoms with Crippen LogP contribution in [0.1, 0.15) is 11.1 Å². The van der Waals surface area contributed by atoms with Gasteiger partial charge in [-0.25, -0.2) is 4.79 Å². The molecule has 2 aromatic heterocycles. The highest BCUT2D eigenvalue weighted by atomic mass is 32.1. The first kappa shape index (κ1) is 17.6. The maximum Gasteiger partial charge on any atom is 0.331 e. The number of aromatic nitrogens is 2. The lowest BCUT2D eigenvalue weighted by molar-refractivity contribution is -0.142. The average Bonchev–Trinajstić information content (AvgIpc) is 3.28. The van der Waals surface area contributed by atoms with Crippen molar-refractivity contribution in [1.82, 2.24) is 9.78 Å². The molecule has 7 heteroatoms. The summed E-state index contributed by atoms with van der Waals surface area (Å²) in [5.74, 6) is -1.32. The van der Waals surface area contributed by atoms with E-state index in [1.165, 1.54) is 6.08 Å². The molecule has 3 aromatic rings. The second-order valence-electron chi connectivity index (χ2n) is 5.50. The quantitative estimate of drug-likeness (QED) is 0.514. The maximum absolute atomic E-state index is 11.7. The molecule has 0 aliphatic carbocycles. The number of nitrogens with two attached hydrogens (primary N) is 1. The van der Waals surface area contributed by atoms with Gasteiger partial charge in [-0.2, -0.15) is 5.10 Å². The zero-order valence-corrected chi connectivity index (χ0v) is 14.7. The number of thiophene rings is 1. The van der Waals surface area contributed by atoms with Crippen LogP contribution in [0.2, 0.25) is 0 Å². The van der Waals surface area contributed by atoms with Gasteiger partial charge in [0.25, 0.3) is 5.91 Å². The van der Waals surface area contributed by atoms with Gasteiger partial charge in [0.1, 0.15) is 5.69 Å². The first-order valence-electron chi connectivity index (χ1n) is 7.90. The lowest BCUT2D eigenvalue weighted by Gasteiger charge is -2.00. The van der Waals surface area contributed by atoms with Crippen LogP contribution in [0.15, 0.2) is 60.1 Å². The van der Waals surface area contributed by atoms with E-state index in [4.69, 9.17) is 10.5 Å². The summed E-state index contributed by atoms with van der Waals surface area (Å²) in [4.78, 5) is 23.4. The Morgan fingerprint density at radius 3 is 2.69 bits per heavy atom. The fraction of sp³-hybridized carbons (Fsp3) is 0.105. The van der Waals surface area contributed by atoms with Crippen molar-refractivity contribution in [2.45, 2.75) is 6.54 Å². The molecule has 26 heavy (non-hydrogen) atoms. The molecule has 0 unspecified atom stereocenters. The van der Waals surface area contributed by atoms with E-state index in [0.29, 0.717) is 6.54 Å². The molecule has 132 valence electrons. The van der Waals surface area contributed by atoms with Gasteiger partial charge in [-0.3, -0.25) is 9.48 Å². The third-order valence-electron chi connectivity index (χ3n) is 3.49. The van der Waals surface area contributed by atoms with Crippen molar-refractivity contribution < 1.29 is 14.3 Å². The zero-order valence-electron chi connectivity index (χ0n) is 13.9. The number of rotatable bonds is 7. The zero-order chi connectivity index (χ0) is 18.4. The molecule has 3 rings (SSSR count). The standard InChI is InChI=1S/C19H17N3O3S/c20-17(23)13-25-18(24)9-8-15-12-22(11-14-5-2-1-3-6-14)21-19(15)16-7-4-10-26-16/h1-10,12H,11,13H2,(H2,20,23)/b9-8+. The Balaban J connectivity index is 1.83. The van der Waals surface area contributed by atoms with E-state index >= 15 is 0 Å². The molecule has 0 aliphatic heterocycles. The number of hydrogen-bond acceptors (Lipinski definition) is 5. The Kier molecular flexibility index (Phi) is 5.60. The third-order valence-corrected chi connectivity index (χ3v) is 4.36. The van der Waals surface area contributed by atoms with Gasteiger partial charge in [0, 0.05) is 17.8 Å². The van der Waals surface area contributed by atoms with Crippen molar-refractivity contribution in [3.05, 3.63) is 71.2 Å². The predicted molar refractivity (Wildman–Crippen MR) is 100 cm³/mol. The van der Waals surface area contributed by atoms with Crippen LogP contribution in [-0.4, -0.2) is 28.3 Å². The lowest BCUT2D eigenvalue weighted by atomic mass is 10.2. The predicted octanol–water partition coefficient (Wildman–Crippen LogP) is 2.70. The monoisotopic (exact) mass is 367 g/mol. The van der Waals surface area contributed by atoms with Crippen molar-refractivity contribution in [3.63, 3.8) is 0 Å². The van der Waals surface area contributed by atoms with Crippen molar-refractivity contribution in [2.75, 3.05) is 6.61 Å².